The van der Waals surface area contributed by atoms with Crippen molar-refractivity contribution in [2.75, 3.05) is 19.1 Å². The number of likely N-dealkylation sites (N-methyl/N-ethyl adjacent to an activating group) is 1. The first kappa shape index (κ1) is 24.2. The lowest BCUT2D eigenvalue weighted by molar-refractivity contribution is 0.438. The van der Waals surface area contributed by atoms with Gasteiger partial charge in [0.1, 0.15) is 11.6 Å². The Morgan fingerprint density at radius 2 is 1.66 bits per heavy atom. The van der Waals surface area contributed by atoms with E-state index >= 15 is 0 Å². The summed E-state index contributed by atoms with van der Waals surface area (Å²) in [6.07, 6.45) is 3.63. The number of hydrogen-bond acceptors (Lipinski definition) is 6. The molecule has 0 fully saturated rings. The molecule has 0 aromatic heterocycles. The SMILES string of the molecule is C=C1C(N)=C(C)N(C)N1c1ccccc1.CC1=C(N)C=C/C(=C(/C#N)C#CC(C)C)N1C. The Morgan fingerprint density at radius 3 is 2.16 bits per heavy atom. The summed E-state index contributed by atoms with van der Waals surface area (Å²) in [6, 6.07) is 12.2. The second kappa shape index (κ2) is 10.3. The summed E-state index contributed by atoms with van der Waals surface area (Å²) in [5.41, 5.74) is 18.4. The van der Waals surface area contributed by atoms with Crippen molar-refractivity contribution >= 4 is 5.69 Å². The van der Waals surface area contributed by atoms with Crippen LogP contribution in [-0.4, -0.2) is 24.0 Å². The molecule has 166 valence electrons. The van der Waals surface area contributed by atoms with E-state index in [1.54, 1.807) is 6.08 Å². The molecular weight excluding hydrogens is 396 g/mol. The number of nitrogens with two attached hydrogens (primary N) is 2. The highest BCUT2D eigenvalue weighted by molar-refractivity contribution is 5.58. The van der Waals surface area contributed by atoms with Gasteiger partial charge in [0.25, 0.3) is 0 Å². The Hall–Kier alpha value is -4.03. The van der Waals surface area contributed by atoms with Crippen LogP contribution in [0.4, 0.5) is 5.69 Å². The Bertz CT molecular complexity index is 1100. The molecule has 6 nitrogen and oxygen atoms in total. The minimum atomic E-state index is 0.249. The number of anilines is 1. The third-order valence-corrected chi connectivity index (χ3v) is 5.30. The normalized spacial score (nSPS) is 17.2. The zero-order chi connectivity index (χ0) is 24.0. The summed E-state index contributed by atoms with van der Waals surface area (Å²) in [5.74, 6) is 6.17. The maximum atomic E-state index is 9.14. The quantitative estimate of drug-likeness (QED) is 0.516. The van der Waals surface area contributed by atoms with Crippen LogP contribution in [0.5, 0.6) is 0 Å². The van der Waals surface area contributed by atoms with Crippen LogP contribution in [0.2, 0.25) is 0 Å². The van der Waals surface area contributed by atoms with Gasteiger partial charge in [-0.2, -0.15) is 5.26 Å². The number of rotatable bonds is 1. The van der Waals surface area contributed by atoms with Crippen LogP contribution >= 0.6 is 0 Å². The molecular formula is C26H32N6. The molecule has 1 aromatic rings. The van der Waals surface area contributed by atoms with Crippen LogP contribution < -0.4 is 16.5 Å². The molecule has 0 aliphatic carbocycles. The highest BCUT2D eigenvalue weighted by Gasteiger charge is 2.26. The Morgan fingerprint density at radius 1 is 1.03 bits per heavy atom. The van der Waals surface area contributed by atoms with Crippen molar-refractivity contribution in [3.63, 3.8) is 0 Å². The van der Waals surface area contributed by atoms with E-state index in [1.165, 1.54) is 0 Å². The van der Waals surface area contributed by atoms with E-state index in [9.17, 15) is 0 Å². The molecule has 0 radical (unpaired) electrons. The summed E-state index contributed by atoms with van der Waals surface area (Å²) in [7, 11) is 3.86. The first-order valence-electron chi connectivity index (χ1n) is 10.4. The van der Waals surface area contributed by atoms with Gasteiger partial charge < -0.3 is 16.4 Å². The average molecular weight is 429 g/mol. The van der Waals surface area contributed by atoms with Crippen molar-refractivity contribution in [3.8, 4) is 17.9 Å². The lowest BCUT2D eigenvalue weighted by Crippen LogP contribution is -2.32. The van der Waals surface area contributed by atoms with Gasteiger partial charge in [0.2, 0.25) is 0 Å². The van der Waals surface area contributed by atoms with E-state index in [-0.39, 0.29) is 5.92 Å². The second-order valence-electron chi connectivity index (χ2n) is 7.85. The van der Waals surface area contributed by atoms with E-state index in [4.69, 9.17) is 16.7 Å². The van der Waals surface area contributed by atoms with Crippen molar-refractivity contribution < 1.29 is 0 Å². The molecule has 2 aliphatic heterocycles. The molecule has 0 bridgehead atoms. The monoisotopic (exact) mass is 428 g/mol. The van der Waals surface area contributed by atoms with Crippen LogP contribution in [0, 0.1) is 29.1 Å². The van der Waals surface area contributed by atoms with Crippen molar-refractivity contribution in [1.82, 2.24) is 9.91 Å². The molecule has 0 saturated carbocycles. The van der Waals surface area contributed by atoms with Crippen molar-refractivity contribution in [3.05, 3.63) is 88.8 Å². The summed E-state index contributed by atoms with van der Waals surface area (Å²) >= 11 is 0. The van der Waals surface area contributed by atoms with E-state index < -0.39 is 0 Å². The standard InChI is InChI=1S/C14H17N3.C12H15N3/c1-10(2)5-6-12(9-15)14-8-7-13(16)11(3)17(14)4;1-9-12(13)10(2)15(14(9)3)11-7-5-4-6-8-11/h7-8,10H,16H2,1-4H3;4-8H,2,13H2,1,3H3/b14-12-;. The van der Waals surface area contributed by atoms with Gasteiger partial charge in [-0.05, 0) is 38.1 Å². The molecule has 0 spiro atoms. The zero-order valence-electron chi connectivity index (χ0n) is 19.8. The van der Waals surface area contributed by atoms with Crippen molar-refractivity contribution in [1.29, 1.82) is 5.26 Å². The average Bonchev–Trinajstić information content (AvgIpc) is 2.97. The number of nitriles is 1. The summed E-state index contributed by atoms with van der Waals surface area (Å²) in [5, 5.41) is 13.2. The molecule has 3 rings (SSSR count). The third kappa shape index (κ3) is 5.17. The van der Waals surface area contributed by atoms with Crippen molar-refractivity contribution in [2.45, 2.75) is 27.7 Å². The molecule has 0 amide bonds. The van der Waals surface area contributed by atoms with Gasteiger partial charge >= 0.3 is 0 Å². The predicted molar refractivity (Wildman–Crippen MR) is 132 cm³/mol. The lowest BCUT2D eigenvalue weighted by Gasteiger charge is -2.29. The minimum Gasteiger partial charge on any atom is -0.397 e. The Kier molecular flexibility index (Phi) is 7.82. The molecule has 2 aliphatic rings. The van der Waals surface area contributed by atoms with Gasteiger partial charge in [-0.3, -0.25) is 10.0 Å². The fourth-order valence-corrected chi connectivity index (χ4v) is 3.12. The van der Waals surface area contributed by atoms with Gasteiger partial charge in [-0.25, -0.2) is 0 Å². The maximum absolute atomic E-state index is 9.14. The van der Waals surface area contributed by atoms with Gasteiger partial charge in [0.05, 0.1) is 34.2 Å². The summed E-state index contributed by atoms with van der Waals surface area (Å²) in [6.45, 7) is 11.9. The Balaban J connectivity index is 0.000000228. The van der Waals surface area contributed by atoms with Crippen molar-refractivity contribution in [2.24, 2.45) is 17.4 Å². The largest absolute Gasteiger partial charge is 0.397 e. The molecule has 1 aromatic carbocycles. The maximum Gasteiger partial charge on any atom is 0.125 e. The van der Waals surface area contributed by atoms with E-state index in [2.05, 4.69) is 24.5 Å². The number of benzene rings is 1. The number of hydrogen-bond donors (Lipinski definition) is 2. The fraction of sp³-hybridized carbons (Fsp3) is 0.269. The first-order chi connectivity index (χ1) is 15.1. The molecule has 2 heterocycles. The highest BCUT2D eigenvalue weighted by Crippen LogP contribution is 2.31. The number of hydrazine groups is 1. The van der Waals surface area contributed by atoms with Crippen LogP contribution in [0.1, 0.15) is 27.7 Å². The van der Waals surface area contributed by atoms with E-state index in [0.717, 1.165) is 34.2 Å². The minimum absolute atomic E-state index is 0.249. The van der Waals surface area contributed by atoms with Gasteiger partial charge in [0.15, 0.2) is 0 Å². The lowest BCUT2D eigenvalue weighted by atomic mass is 10.1. The fourth-order valence-electron chi connectivity index (χ4n) is 3.12. The van der Waals surface area contributed by atoms with Crippen LogP contribution in [0.25, 0.3) is 0 Å². The number of allylic oxidation sites excluding steroid dienone is 5. The second-order valence-corrected chi connectivity index (χ2v) is 7.85. The first-order valence-corrected chi connectivity index (χ1v) is 10.4. The molecule has 6 heteroatoms. The molecule has 0 atom stereocenters. The van der Waals surface area contributed by atoms with Gasteiger partial charge in [0, 0.05) is 25.7 Å². The van der Waals surface area contributed by atoms with Crippen LogP contribution in [-0.2, 0) is 0 Å². The predicted octanol–water partition coefficient (Wildman–Crippen LogP) is 4.17. The topological polar surface area (TPSA) is 85.5 Å². The summed E-state index contributed by atoms with van der Waals surface area (Å²) < 4.78 is 0. The van der Waals surface area contributed by atoms with Gasteiger partial charge in [-0.15, -0.1) is 0 Å². The van der Waals surface area contributed by atoms with Gasteiger partial charge in [-0.1, -0.05) is 50.5 Å². The smallest absolute Gasteiger partial charge is 0.125 e. The van der Waals surface area contributed by atoms with E-state index in [0.29, 0.717) is 11.3 Å². The number of nitrogens with zero attached hydrogens (tertiary/aromatic N) is 4. The van der Waals surface area contributed by atoms with Crippen LogP contribution in [0.15, 0.2) is 88.8 Å². The highest BCUT2D eigenvalue weighted by atomic mass is 15.6. The number of para-hydroxylation sites is 1. The molecule has 0 saturated heterocycles. The molecule has 32 heavy (non-hydrogen) atoms. The Labute approximate surface area is 192 Å². The summed E-state index contributed by atoms with van der Waals surface area (Å²) in [4.78, 5) is 1.89. The zero-order valence-corrected chi connectivity index (χ0v) is 19.8. The third-order valence-electron chi connectivity index (χ3n) is 5.30. The van der Waals surface area contributed by atoms with E-state index in [1.807, 2.05) is 93.1 Å². The molecule has 4 N–H and O–H groups in total. The molecule has 0 unspecified atom stereocenters. The van der Waals surface area contributed by atoms with Crippen LogP contribution in [0.3, 0.4) is 0 Å².